The third-order valence-corrected chi connectivity index (χ3v) is 5.64. The average molecular weight is 429 g/mol. The van der Waals surface area contributed by atoms with Crippen LogP contribution in [0.2, 0.25) is 0 Å². The highest BCUT2D eigenvalue weighted by molar-refractivity contribution is 5.99. The lowest BCUT2D eigenvalue weighted by atomic mass is 10.1. The molecule has 3 aromatic carbocycles. The molecule has 0 aliphatic carbocycles. The van der Waals surface area contributed by atoms with Crippen molar-refractivity contribution in [3.05, 3.63) is 81.9 Å². The number of rotatable bonds is 5. The normalized spacial score (nSPS) is 15.4. The fourth-order valence-electron chi connectivity index (χ4n) is 4.14. The largest absolute Gasteiger partial charge is 0.416 e. The van der Waals surface area contributed by atoms with Gasteiger partial charge in [0.05, 0.1) is 21.6 Å². The zero-order valence-corrected chi connectivity index (χ0v) is 16.8. The van der Waals surface area contributed by atoms with E-state index in [9.17, 15) is 23.3 Å². The fourth-order valence-corrected chi connectivity index (χ4v) is 4.14. The number of hydrogen-bond acceptors (Lipinski definition) is 4. The molecule has 0 bridgehead atoms. The lowest BCUT2D eigenvalue weighted by Gasteiger charge is -2.41. The topological polar surface area (TPSA) is 49.6 Å². The molecule has 8 heteroatoms. The molecule has 1 aliphatic heterocycles. The molecule has 4 rings (SSSR count). The van der Waals surface area contributed by atoms with Crippen molar-refractivity contribution in [2.75, 3.05) is 24.6 Å². The molecule has 0 radical (unpaired) electrons. The molecule has 0 saturated carbocycles. The molecule has 1 heterocycles. The van der Waals surface area contributed by atoms with Crippen LogP contribution in [0.4, 0.5) is 24.5 Å². The van der Waals surface area contributed by atoms with Crippen molar-refractivity contribution in [2.45, 2.75) is 25.4 Å². The van der Waals surface area contributed by atoms with Gasteiger partial charge in [-0.3, -0.25) is 10.1 Å². The second-order valence-electron chi connectivity index (χ2n) is 7.64. The molecule has 0 N–H and O–H groups in total. The summed E-state index contributed by atoms with van der Waals surface area (Å²) in [6.07, 6.45) is -1.91. The molecule has 1 fully saturated rings. The highest BCUT2D eigenvalue weighted by atomic mass is 19.4. The number of nitro benzene ring substituents is 1. The number of anilines is 1. The molecule has 0 amide bonds. The van der Waals surface area contributed by atoms with Gasteiger partial charge in [-0.1, -0.05) is 36.4 Å². The molecule has 0 aromatic heterocycles. The van der Waals surface area contributed by atoms with E-state index < -0.39 is 11.7 Å². The van der Waals surface area contributed by atoms with Crippen molar-refractivity contribution < 1.29 is 18.1 Å². The zero-order chi connectivity index (χ0) is 22.0. The predicted molar refractivity (Wildman–Crippen MR) is 114 cm³/mol. The van der Waals surface area contributed by atoms with Gasteiger partial charge in [0.1, 0.15) is 0 Å². The molecule has 162 valence electrons. The van der Waals surface area contributed by atoms with E-state index in [2.05, 4.69) is 10.0 Å². The second-order valence-corrected chi connectivity index (χ2v) is 7.64. The fraction of sp³-hybridized carbons (Fsp3) is 0.304. The lowest BCUT2D eigenvalue weighted by Crippen LogP contribution is -2.48. The first-order chi connectivity index (χ1) is 14.8. The Bertz CT molecular complexity index is 1100. The van der Waals surface area contributed by atoms with Crippen molar-refractivity contribution in [2.24, 2.45) is 0 Å². The number of nitrogens with zero attached hydrogens (tertiary/aromatic N) is 3. The van der Waals surface area contributed by atoms with Gasteiger partial charge in [0.15, 0.2) is 0 Å². The van der Waals surface area contributed by atoms with Crippen molar-refractivity contribution in [1.29, 1.82) is 0 Å². The van der Waals surface area contributed by atoms with Gasteiger partial charge in [-0.05, 0) is 43.0 Å². The first-order valence-corrected chi connectivity index (χ1v) is 10.2. The smallest absolute Gasteiger partial charge is 0.305 e. The minimum absolute atomic E-state index is 0.0619. The van der Waals surface area contributed by atoms with E-state index in [0.717, 1.165) is 43.1 Å². The van der Waals surface area contributed by atoms with Gasteiger partial charge in [0.25, 0.3) is 5.69 Å². The molecule has 0 spiro atoms. The second kappa shape index (κ2) is 8.55. The van der Waals surface area contributed by atoms with E-state index in [1.54, 1.807) is 24.3 Å². The van der Waals surface area contributed by atoms with Crippen LogP contribution in [-0.4, -0.2) is 29.6 Å². The van der Waals surface area contributed by atoms with Gasteiger partial charge in [-0.25, -0.2) is 5.01 Å². The maximum Gasteiger partial charge on any atom is 0.416 e. The Balaban J connectivity index is 1.61. The number of nitro groups is 1. The van der Waals surface area contributed by atoms with E-state index >= 15 is 0 Å². The molecule has 1 aliphatic rings. The summed E-state index contributed by atoms with van der Waals surface area (Å²) in [5, 5.41) is 17.0. The van der Waals surface area contributed by atoms with Crippen molar-refractivity contribution in [3.63, 3.8) is 0 Å². The number of alkyl halides is 3. The van der Waals surface area contributed by atoms with Crippen LogP contribution in [0.25, 0.3) is 10.8 Å². The number of fused-ring (bicyclic) bond motifs is 1. The monoisotopic (exact) mass is 429 g/mol. The molecule has 0 atom stereocenters. The van der Waals surface area contributed by atoms with Crippen LogP contribution in [0, 0.1) is 10.1 Å². The maximum atomic E-state index is 13.0. The van der Waals surface area contributed by atoms with Crippen LogP contribution in [0.15, 0.2) is 60.7 Å². The molecule has 3 aromatic rings. The van der Waals surface area contributed by atoms with Gasteiger partial charge in [-0.15, -0.1) is 0 Å². The SMILES string of the molecule is O=[N+]([O-])c1ccc(N2CCCCN2CCc2cccc(C(F)(F)F)c2)c2ccccc12. The van der Waals surface area contributed by atoms with E-state index in [0.29, 0.717) is 23.9 Å². The zero-order valence-electron chi connectivity index (χ0n) is 16.8. The molecular weight excluding hydrogens is 407 g/mol. The Labute approximate surface area is 177 Å². The van der Waals surface area contributed by atoms with Gasteiger partial charge in [0, 0.05) is 31.1 Å². The number of hydrogen-bond donors (Lipinski definition) is 0. The number of benzene rings is 3. The van der Waals surface area contributed by atoms with E-state index in [1.807, 2.05) is 12.1 Å². The summed E-state index contributed by atoms with van der Waals surface area (Å²) in [6.45, 7) is 2.10. The Morgan fingerprint density at radius 3 is 2.42 bits per heavy atom. The highest BCUT2D eigenvalue weighted by Gasteiger charge is 2.30. The lowest BCUT2D eigenvalue weighted by molar-refractivity contribution is -0.383. The quantitative estimate of drug-likeness (QED) is 0.378. The Hall–Kier alpha value is -3.13. The molecule has 31 heavy (non-hydrogen) atoms. The molecule has 5 nitrogen and oxygen atoms in total. The standard InChI is InChI=1S/C23H22F3N3O2/c24-23(25,26)18-7-5-6-17(16-18)12-15-27-13-3-4-14-28(27)21-10-11-22(29(30)31)20-9-2-1-8-19(20)21/h1-2,5-11,16H,3-4,12-15H2. The van der Waals surface area contributed by atoms with Crippen LogP contribution in [-0.2, 0) is 12.6 Å². The molecule has 0 unspecified atom stereocenters. The number of halogens is 3. The van der Waals surface area contributed by atoms with Crippen LogP contribution < -0.4 is 5.01 Å². The Morgan fingerprint density at radius 2 is 1.68 bits per heavy atom. The first kappa shape index (κ1) is 21.1. The minimum Gasteiger partial charge on any atom is -0.305 e. The van der Waals surface area contributed by atoms with E-state index in [4.69, 9.17) is 0 Å². The van der Waals surface area contributed by atoms with Crippen molar-refractivity contribution in [3.8, 4) is 0 Å². The van der Waals surface area contributed by atoms with E-state index in [1.165, 1.54) is 18.2 Å². The van der Waals surface area contributed by atoms with Crippen molar-refractivity contribution >= 4 is 22.1 Å². The van der Waals surface area contributed by atoms with Gasteiger partial charge in [-0.2, -0.15) is 13.2 Å². The van der Waals surface area contributed by atoms with Gasteiger partial charge >= 0.3 is 6.18 Å². The molecular formula is C23H22F3N3O2. The van der Waals surface area contributed by atoms with Crippen LogP contribution >= 0.6 is 0 Å². The summed E-state index contributed by atoms with van der Waals surface area (Å²) in [7, 11) is 0. The summed E-state index contributed by atoms with van der Waals surface area (Å²) in [4.78, 5) is 11.0. The maximum absolute atomic E-state index is 13.0. The summed E-state index contributed by atoms with van der Waals surface area (Å²) in [5.41, 5.74) is 0.938. The Morgan fingerprint density at radius 1 is 0.935 bits per heavy atom. The van der Waals surface area contributed by atoms with Crippen LogP contribution in [0.5, 0.6) is 0 Å². The van der Waals surface area contributed by atoms with E-state index in [-0.39, 0.29) is 10.6 Å². The average Bonchev–Trinajstić information content (AvgIpc) is 2.76. The summed E-state index contributed by atoms with van der Waals surface area (Å²) < 4.78 is 39.1. The third kappa shape index (κ3) is 4.49. The third-order valence-electron chi connectivity index (χ3n) is 5.64. The molecule has 1 saturated heterocycles. The van der Waals surface area contributed by atoms with Crippen molar-refractivity contribution in [1.82, 2.24) is 5.01 Å². The minimum atomic E-state index is -4.36. The highest BCUT2D eigenvalue weighted by Crippen LogP contribution is 2.35. The Kier molecular flexibility index (Phi) is 5.82. The van der Waals surface area contributed by atoms with Gasteiger partial charge < -0.3 is 5.01 Å². The number of non-ortho nitro benzene ring substituents is 1. The number of hydrazine groups is 1. The van der Waals surface area contributed by atoms with Crippen LogP contribution in [0.1, 0.15) is 24.0 Å². The predicted octanol–water partition coefficient (Wildman–Crippen LogP) is 5.83. The first-order valence-electron chi connectivity index (χ1n) is 10.2. The van der Waals surface area contributed by atoms with Crippen LogP contribution in [0.3, 0.4) is 0 Å². The summed E-state index contributed by atoms with van der Waals surface area (Å²) in [6, 6.07) is 16.0. The summed E-state index contributed by atoms with van der Waals surface area (Å²) >= 11 is 0. The summed E-state index contributed by atoms with van der Waals surface area (Å²) in [5.74, 6) is 0. The van der Waals surface area contributed by atoms with Gasteiger partial charge in [0.2, 0.25) is 0 Å².